The van der Waals surface area contributed by atoms with Crippen molar-refractivity contribution in [2.45, 2.75) is 13.0 Å². The van der Waals surface area contributed by atoms with E-state index in [9.17, 15) is 0 Å². The molecule has 1 saturated heterocycles. The van der Waals surface area contributed by atoms with Gasteiger partial charge >= 0.3 is 0 Å². The molecule has 1 aliphatic rings. The van der Waals surface area contributed by atoms with Crippen molar-refractivity contribution in [1.82, 2.24) is 14.8 Å². The van der Waals surface area contributed by atoms with Gasteiger partial charge in [-0.05, 0) is 24.1 Å². The predicted octanol–water partition coefficient (Wildman–Crippen LogP) is 1.98. The predicted molar refractivity (Wildman–Crippen MR) is 64.4 cm³/mol. The molecule has 0 aliphatic carbocycles. The van der Waals surface area contributed by atoms with E-state index in [1.165, 1.54) is 0 Å². The fourth-order valence-electron chi connectivity index (χ4n) is 2.15. The average Bonchev–Trinajstić information content (AvgIpc) is 3.02. The smallest absolute Gasteiger partial charge is 0.0568 e. The number of nitrogens with zero attached hydrogens (tertiary/aromatic N) is 3. The monoisotopic (exact) mass is 229 g/mol. The zero-order chi connectivity index (χ0) is 11.5. The van der Waals surface area contributed by atoms with Crippen LogP contribution in [0.15, 0.2) is 36.9 Å². The Labute approximate surface area is 100 Å². The van der Waals surface area contributed by atoms with Crippen molar-refractivity contribution >= 4 is 0 Å². The van der Waals surface area contributed by atoms with Gasteiger partial charge in [-0.2, -0.15) is 5.10 Å². The van der Waals surface area contributed by atoms with Crippen molar-refractivity contribution in [3.8, 4) is 11.1 Å². The molecular formula is C13H15N3O. The molecule has 0 bridgehead atoms. The van der Waals surface area contributed by atoms with Gasteiger partial charge < -0.3 is 4.74 Å². The van der Waals surface area contributed by atoms with Gasteiger partial charge in [0.25, 0.3) is 0 Å². The Morgan fingerprint density at radius 3 is 2.94 bits per heavy atom. The quantitative estimate of drug-likeness (QED) is 0.808. The average molecular weight is 229 g/mol. The van der Waals surface area contributed by atoms with Gasteiger partial charge in [-0.3, -0.25) is 9.67 Å². The molecule has 17 heavy (non-hydrogen) atoms. The second-order valence-electron chi connectivity index (χ2n) is 4.42. The third-order valence-corrected chi connectivity index (χ3v) is 3.12. The van der Waals surface area contributed by atoms with E-state index in [2.05, 4.69) is 16.3 Å². The summed E-state index contributed by atoms with van der Waals surface area (Å²) >= 11 is 0. The minimum Gasteiger partial charge on any atom is -0.381 e. The molecular weight excluding hydrogens is 214 g/mol. The fraction of sp³-hybridized carbons (Fsp3) is 0.385. The van der Waals surface area contributed by atoms with E-state index in [0.717, 1.165) is 37.3 Å². The Morgan fingerprint density at radius 2 is 2.18 bits per heavy atom. The van der Waals surface area contributed by atoms with Gasteiger partial charge in [0.1, 0.15) is 0 Å². The van der Waals surface area contributed by atoms with E-state index in [1.54, 1.807) is 12.4 Å². The van der Waals surface area contributed by atoms with Crippen molar-refractivity contribution in [3.63, 3.8) is 0 Å². The molecule has 1 unspecified atom stereocenters. The lowest BCUT2D eigenvalue weighted by Crippen LogP contribution is -2.10. The van der Waals surface area contributed by atoms with Crippen molar-refractivity contribution in [2.75, 3.05) is 13.2 Å². The molecule has 0 spiro atoms. The highest BCUT2D eigenvalue weighted by molar-refractivity contribution is 5.60. The summed E-state index contributed by atoms with van der Waals surface area (Å²) in [5, 5.41) is 4.40. The van der Waals surface area contributed by atoms with Crippen LogP contribution in [-0.4, -0.2) is 28.0 Å². The SMILES string of the molecule is c1cc(-c2cnn(CC3CCOC3)c2)ccn1. The zero-order valence-electron chi connectivity index (χ0n) is 9.62. The standard InChI is InChI=1S/C13H15N3O/c1-4-14-5-2-12(1)13-7-15-16(9-13)8-11-3-6-17-10-11/h1-2,4-5,7,9,11H,3,6,8,10H2. The first-order valence-corrected chi connectivity index (χ1v) is 5.92. The van der Waals surface area contributed by atoms with Crippen LogP contribution in [-0.2, 0) is 11.3 Å². The summed E-state index contributed by atoms with van der Waals surface area (Å²) in [4.78, 5) is 4.02. The number of rotatable bonds is 3. The van der Waals surface area contributed by atoms with Gasteiger partial charge in [0.2, 0.25) is 0 Å². The number of hydrogen-bond acceptors (Lipinski definition) is 3. The molecule has 3 heterocycles. The summed E-state index contributed by atoms with van der Waals surface area (Å²) in [6.07, 6.45) is 8.75. The van der Waals surface area contributed by atoms with E-state index in [-0.39, 0.29) is 0 Å². The number of hydrogen-bond donors (Lipinski definition) is 0. The van der Waals surface area contributed by atoms with Crippen LogP contribution in [0.25, 0.3) is 11.1 Å². The Balaban J connectivity index is 1.74. The van der Waals surface area contributed by atoms with E-state index in [1.807, 2.05) is 23.0 Å². The lowest BCUT2D eigenvalue weighted by atomic mass is 10.1. The minimum atomic E-state index is 0.611. The van der Waals surface area contributed by atoms with Gasteiger partial charge in [-0.25, -0.2) is 0 Å². The van der Waals surface area contributed by atoms with Gasteiger partial charge in [-0.15, -0.1) is 0 Å². The Bertz CT molecular complexity index is 474. The molecule has 2 aromatic rings. The molecule has 1 atom stereocenters. The number of aromatic nitrogens is 3. The molecule has 0 amide bonds. The molecule has 2 aromatic heterocycles. The van der Waals surface area contributed by atoms with E-state index < -0.39 is 0 Å². The van der Waals surface area contributed by atoms with E-state index in [4.69, 9.17) is 4.74 Å². The Hall–Kier alpha value is -1.68. The van der Waals surface area contributed by atoms with Gasteiger partial charge in [0.05, 0.1) is 12.8 Å². The lowest BCUT2D eigenvalue weighted by Gasteiger charge is -2.06. The molecule has 4 nitrogen and oxygen atoms in total. The van der Waals surface area contributed by atoms with Crippen molar-refractivity contribution in [2.24, 2.45) is 5.92 Å². The maximum absolute atomic E-state index is 5.37. The van der Waals surface area contributed by atoms with Crippen LogP contribution in [0.3, 0.4) is 0 Å². The second-order valence-corrected chi connectivity index (χ2v) is 4.42. The van der Waals surface area contributed by atoms with Crippen LogP contribution in [0, 0.1) is 5.92 Å². The summed E-state index contributed by atoms with van der Waals surface area (Å²) < 4.78 is 7.38. The third-order valence-electron chi connectivity index (χ3n) is 3.12. The summed E-state index contributed by atoms with van der Waals surface area (Å²) in [6.45, 7) is 2.71. The normalized spacial score (nSPS) is 19.6. The van der Waals surface area contributed by atoms with Crippen molar-refractivity contribution in [1.29, 1.82) is 0 Å². The molecule has 1 aliphatic heterocycles. The third kappa shape index (κ3) is 2.36. The molecule has 0 radical (unpaired) electrons. The maximum atomic E-state index is 5.37. The molecule has 0 aromatic carbocycles. The highest BCUT2D eigenvalue weighted by atomic mass is 16.5. The highest BCUT2D eigenvalue weighted by Gasteiger charge is 2.16. The van der Waals surface area contributed by atoms with Crippen LogP contribution in [0.2, 0.25) is 0 Å². The number of ether oxygens (including phenoxy) is 1. The highest BCUT2D eigenvalue weighted by Crippen LogP contribution is 2.19. The van der Waals surface area contributed by atoms with Crippen LogP contribution in [0.5, 0.6) is 0 Å². The van der Waals surface area contributed by atoms with Crippen LogP contribution in [0.1, 0.15) is 6.42 Å². The first-order valence-electron chi connectivity index (χ1n) is 5.92. The number of pyridine rings is 1. The van der Waals surface area contributed by atoms with Crippen LogP contribution >= 0.6 is 0 Å². The van der Waals surface area contributed by atoms with Gasteiger partial charge in [0.15, 0.2) is 0 Å². The van der Waals surface area contributed by atoms with Crippen LogP contribution < -0.4 is 0 Å². The topological polar surface area (TPSA) is 39.9 Å². The lowest BCUT2D eigenvalue weighted by molar-refractivity contribution is 0.181. The van der Waals surface area contributed by atoms with Crippen molar-refractivity contribution < 1.29 is 4.74 Å². The second kappa shape index (κ2) is 4.67. The largest absolute Gasteiger partial charge is 0.381 e. The molecule has 3 rings (SSSR count). The van der Waals surface area contributed by atoms with Gasteiger partial charge in [0, 0.05) is 43.2 Å². The maximum Gasteiger partial charge on any atom is 0.0568 e. The first-order chi connectivity index (χ1) is 8.42. The van der Waals surface area contributed by atoms with Crippen molar-refractivity contribution in [3.05, 3.63) is 36.9 Å². The Kier molecular flexibility index (Phi) is 2.88. The summed E-state index contributed by atoms with van der Waals surface area (Å²) in [6, 6.07) is 4.00. The fourth-order valence-corrected chi connectivity index (χ4v) is 2.15. The Morgan fingerprint density at radius 1 is 1.29 bits per heavy atom. The molecule has 0 saturated carbocycles. The first kappa shape index (κ1) is 10.5. The molecule has 1 fully saturated rings. The molecule has 88 valence electrons. The summed E-state index contributed by atoms with van der Waals surface area (Å²) in [5.41, 5.74) is 2.31. The summed E-state index contributed by atoms with van der Waals surface area (Å²) in [7, 11) is 0. The molecule has 0 N–H and O–H groups in total. The molecule has 4 heteroatoms. The van der Waals surface area contributed by atoms with E-state index in [0.29, 0.717) is 5.92 Å². The van der Waals surface area contributed by atoms with E-state index >= 15 is 0 Å². The van der Waals surface area contributed by atoms with Gasteiger partial charge in [-0.1, -0.05) is 0 Å². The van der Waals surface area contributed by atoms with Crippen LogP contribution in [0.4, 0.5) is 0 Å². The zero-order valence-corrected chi connectivity index (χ0v) is 9.62. The summed E-state index contributed by atoms with van der Waals surface area (Å²) in [5.74, 6) is 0.611. The minimum absolute atomic E-state index is 0.611.